The van der Waals surface area contributed by atoms with E-state index in [1.165, 1.54) is 25.7 Å². The minimum absolute atomic E-state index is 0.0690. The first kappa shape index (κ1) is 14.4. The predicted molar refractivity (Wildman–Crippen MR) is 77.3 cm³/mol. The highest BCUT2D eigenvalue weighted by Gasteiger charge is 2.17. The van der Waals surface area contributed by atoms with E-state index in [2.05, 4.69) is 15.4 Å². The molecule has 3 rings (SSSR count). The van der Waals surface area contributed by atoms with Gasteiger partial charge in [0.05, 0.1) is 6.61 Å². The lowest BCUT2D eigenvalue weighted by molar-refractivity contribution is 0.0687. The van der Waals surface area contributed by atoms with Crippen LogP contribution in [0.5, 0.6) is 17.4 Å². The van der Waals surface area contributed by atoms with Gasteiger partial charge in [0.2, 0.25) is 5.69 Å². The molecule has 0 aliphatic heterocycles. The lowest BCUT2D eigenvalue weighted by Crippen LogP contribution is -2.07. The van der Waals surface area contributed by atoms with Gasteiger partial charge in [-0.3, -0.25) is 0 Å². The third-order valence-corrected chi connectivity index (χ3v) is 3.71. The third kappa shape index (κ3) is 3.36. The van der Waals surface area contributed by atoms with Crippen molar-refractivity contribution in [3.63, 3.8) is 0 Å². The lowest BCUT2D eigenvalue weighted by atomic mass is 10.1. The first-order valence-corrected chi connectivity index (χ1v) is 7.27. The molecular weight excluding hydrogens is 286 g/mol. The summed E-state index contributed by atoms with van der Waals surface area (Å²) in [5.41, 5.74) is -0.183. The second-order valence-corrected chi connectivity index (χ2v) is 5.34. The number of benzene rings is 1. The van der Waals surface area contributed by atoms with Gasteiger partial charge >= 0.3 is 5.97 Å². The molecule has 0 amide bonds. The van der Waals surface area contributed by atoms with Crippen LogP contribution in [0.25, 0.3) is 0 Å². The Morgan fingerprint density at radius 3 is 2.86 bits per heavy atom. The van der Waals surface area contributed by atoms with Gasteiger partial charge < -0.3 is 14.6 Å². The maximum Gasteiger partial charge on any atom is 0.359 e. The molecule has 7 heteroatoms. The molecule has 1 fully saturated rings. The van der Waals surface area contributed by atoms with Crippen LogP contribution >= 0.6 is 0 Å². The van der Waals surface area contributed by atoms with Gasteiger partial charge in [0.1, 0.15) is 11.5 Å². The molecule has 0 saturated heterocycles. The minimum Gasteiger partial charge on any atom is -0.493 e. The molecule has 0 bridgehead atoms. The van der Waals surface area contributed by atoms with E-state index in [1.54, 1.807) is 18.2 Å². The fourth-order valence-corrected chi connectivity index (χ4v) is 2.56. The molecule has 1 aliphatic carbocycles. The normalized spacial score (nSPS) is 14.9. The van der Waals surface area contributed by atoms with E-state index in [1.807, 2.05) is 6.07 Å². The number of nitrogens with zero attached hydrogens (tertiary/aromatic N) is 2. The summed E-state index contributed by atoms with van der Waals surface area (Å²) in [7, 11) is 0. The summed E-state index contributed by atoms with van der Waals surface area (Å²) in [6, 6.07) is 7.07. The van der Waals surface area contributed by atoms with Crippen LogP contribution in [0.1, 0.15) is 36.2 Å². The lowest BCUT2D eigenvalue weighted by Gasteiger charge is -2.12. The van der Waals surface area contributed by atoms with E-state index >= 15 is 0 Å². The van der Waals surface area contributed by atoms with Crippen LogP contribution in [-0.2, 0) is 0 Å². The number of H-pyrrole nitrogens is 1. The average Bonchev–Trinajstić information content (AvgIpc) is 3.16. The maximum absolute atomic E-state index is 11.0. The molecule has 1 saturated carbocycles. The molecule has 1 aliphatic rings. The number of ether oxygens (including phenoxy) is 2. The standard InChI is InChI=1S/C15H17N3O4/c19-15(20)13-14(17-18-16-13)22-12-7-3-6-11(8-12)21-9-10-4-1-2-5-10/h3,6-8,10H,1-2,4-5,9H2,(H,19,20)(H,16,17,18). The molecule has 1 heterocycles. The van der Waals surface area contributed by atoms with Crippen molar-refractivity contribution in [1.29, 1.82) is 0 Å². The smallest absolute Gasteiger partial charge is 0.359 e. The van der Waals surface area contributed by atoms with Gasteiger partial charge in [0.25, 0.3) is 5.88 Å². The van der Waals surface area contributed by atoms with Crippen molar-refractivity contribution in [3.8, 4) is 17.4 Å². The maximum atomic E-state index is 11.0. The van der Waals surface area contributed by atoms with Crippen molar-refractivity contribution in [1.82, 2.24) is 15.4 Å². The van der Waals surface area contributed by atoms with Crippen LogP contribution < -0.4 is 9.47 Å². The number of aromatic amines is 1. The van der Waals surface area contributed by atoms with Crippen molar-refractivity contribution in [2.24, 2.45) is 5.92 Å². The van der Waals surface area contributed by atoms with Crippen molar-refractivity contribution >= 4 is 5.97 Å². The summed E-state index contributed by atoms with van der Waals surface area (Å²) in [5, 5.41) is 18.3. The molecule has 0 unspecified atom stereocenters. The minimum atomic E-state index is -1.17. The number of carboxylic acids is 1. The second kappa shape index (κ2) is 6.46. The summed E-state index contributed by atoms with van der Waals surface area (Å²) < 4.78 is 11.2. The van der Waals surface area contributed by atoms with Crippen LogP contribution in [-0.4, -0.2) is 33.1 Å². The van der Waals surface area contributed by atoms with E-state index < -0.39 is 5.97 Å². The molecule has 1 aromatic heterocycles. The average molecular weight is 303 g/mol. The van der Waals surface area contributed by atoms with Crippen molar-refractivity contribution in [3.05, 3.63) is 30.0 Å². The molecule has 22 heavy (non-hydrogen) atoms. The van der Waals surface area contributed by atoms with Crippen LogP contribution in [0, 0.1) is 5.92 Å². The molecule has 2 aromatic rings. The predicted octanol–water partition coefficient (Wildman–Crippen LogP) is 2.86. The second-order valence-electron chi connectivity index (χ2n) is 5.34. The van der Waals surface area contributed by atoms with Gasteiger partial charge in [-0.2, -0.15) is 0 Å². The summed E-state index contributed by atoms with van der Waals surface area (Å²) in [6.45, 7) is 0.702. The van der Waals surface area contributed by atoms with E-state index in [0.717, 1.165) is 0 Å². The third-order valence-electron chi connectivity index (χ3n) is 3.71. The van der Waals surface area contributed by atoms with Crippen LogP contribution in [0.3, 0.4) is 0 Å². The fraction of sp³-hybridized carbons (Fsp3) is 0.400. The molecule has 0 radical (unpaired) electrons. The highest BCUT2D eigenvalue weighted by Crippen LogP contribution is 2.28. The van der Waals surface area contributed by atoms with Gasteiger partial charge in [0.15, 0.2) is 0 Å². The Hall–Kier alpha value is -2.57. The summed E-state index contributed by atoms with van der Waals surface area (Å²) >= 11 is 0. The molecule has 7 nitrogen and oxygen atoms in total. The number of carboxylic acid groups (broad SMARTS) is 1. The number of aromatic carboxylic acids is 1. The molecule has 116 valence electrons. The molecule has 0 atom stereocenters. The van der Waals surface area contributed by atoms with Gasteiger partial charge in [-0.15, -0.1) is 0 Å². The zero-order valence-electron chi connectivity index (χ0n) is 12.0. The Labute approximate surface area is 127 Å². The van der Waals surface area contributed by atoms with Gasteiger partial charge in [-0.1, -0.05) is 29.2 Å². The topological polar surface area (TPSA) is 97.3 Å². The quantitative estimate of drug-likeness (QED) is 0.851. The van der Waals surface area contributed by atoms with Gasteiger partial charge in [0, 0.05) is 6.07 Å². The van der Waals surface area contributed by atoms with E-state index in [4.69, 9.17) is 14.6 Å². The molecule has 0 spiro atoms. The first-order valence-electron chi connectivity index (χ1n) is 7.27. The highest BCUT2D eigenvalue weighted by molar-refractivity contribution is 5.87. The monoisotopic (exact) mass is 303 g/mol. The SMILES string of the molecule is O=C(O)c1[nH]nnc1Oc1cccc(OCC2CCCC2)c1. The van der Waals surface area contributed by atoms with Crippen molar-refractivity contribution in [2.75, 3.05) is 6.61 Å². The van der Waals surface area contributed by atoms with Gasteiger partial charge in [-0.05, 0) is 30.9 Å². The van der Waals surface area contributed by atoms with Crippen LogP contribution in [0.4, 0.5) is 0 Å². The number of hydrogen-bond donors (Lipinski definition) is 2. The summed E-state index contributed by atoms with van der Waals surface area (Å²) in [4.78, 5) is 11.0. The van der Waals surface area contributed by atoms with Crippen molar-refractivity contribution in [2.45, 2.75) is 25.7 Å². The Morgan fingerprint density at radius 2 is 2.09 bits per heavy atom. The fourth-order valence-electron chi connectivity index (χ4n) is 2.56. The number of carbonyl (C=O) groups is 1. The Kier molecular flexibility index (Phi) is 4.22. The molecule has 1 aromatic carbocycles. The highest BCUT2D eigenvalue weighted by atomic mass is 16.5. The molecular formula is C15H17N3O4. The Bertz CT molecular complexity index is 650. The van der Waals surface area contributed by atoms with E-state index in [9.17, 15) is 4.79 Å². The van der Waals surface area contributed by atoms with Crippen LogP contribution in [0.15, 0.2) is 24.3 Å². The zero-order valence-corrected chi connectivity index (χ0v) is 12.0. The number of hydrogen-bond acceptors (Lipinski definition) is 5. The number of aromatic nitrogens is 3. The van der Waals surface area contributed by atoms with E-state index in [-0.39, 0.29) is 11.6 Å². The summed E-state index contributed by atoms with van der Waals surface area (Å²) in [6.07, 6.45) is 5.00. The summed E-state index contributed by atoms with van der Waals surface area (Å²) in [5.74, 6) is 0.540. The number of nitrogens with one attached hydrogen (secondary N) is 1. The Morgan fingerprint density at radius 1 is 1.32 bits per heavy atom. The largest absolute Gasteiger partial charge is 0.493 e. The van der Waals surface area contributed by atoms with Gasteiger partial charge in [-0.25, -0.2) is 9.89 Å². The van der Waals surface area contributed by atoms with Crippen LogP contribution in [0.2, 0.25) is 0 Å². The van der Waals surface area contributed by atoms with E-state index in [0.29, 0.717) is 24.0 Å². The first-order chi connectivity index (χ1) is 10.7. The zero-order chi connectivity index (χ0) is 15.4. The Balaban J connectivity index is 1.65. The molecule has 2 N–H and O–H groups in total. The number of rotatable bonds is 6. The van der Waals surface area contributed by atoms with Crippen molar-refractivity contribution < 1.29 is 19.4 Å².